The highest BCUT2D eigenvalue weighted by molar-refractivity contribution is 9.10. The quantitative estimate of drug-likeness (QED) is 0.651. The molecule has 0 unspecified atom stereocenters. The molecule has 0 spiro atoms. The summed E-state index contributed by atoms with van der Waals surface area (Å²) in [5.74, 6) is 1.27. The van der Waals surface area contributed by atoms with Crippen LogP contribution in [0.3, 0.4) is 0 Å². The number of hydrogen-bond donors (Lipinski definition) is 0. The Kier molecular flexibility index (Phi) is 4.60. The zero-order chi connectivity index (χ0) is 16.2. The van der Waals surface area contributed by atoms with E-state index in [0.29, 0.717) is 28.1 Å². The van der Waals surface area contributed by atoms with Gasteiger partial charge in [0.25, 0.3) is 5.89 Å². The lowest BCUT2D eigenvalue weighted by Crippen LogP contribution is -1.96. The number of ether oxygens (including phenoxy) is 1. The molecule has 7 heteroatoms. The van der Waals surface area contributed by atoms with Crippen LogP contribution in [-0.4, -0.2) is 10.1 Å². The summed E-state index contributed by atoms with van der Waals surface area (Å²) in [7, 11) is 0. The lowest BCUT2D eigenvalue weighted by molar-refractivity contribution is 0.243. The molecule has 3 aromatic rings. The van der Waals surface area contributed by atoms with Crippen LogP contribution in [0.25, 0.3) is 11.4 Å². The Balaban J connectivity index is 1.72. The Labute approximate surface area is 145 Å². The van der Waals surface area contributed by atoms with Crippen molar-refractivity contribution in [1.29, 1.82) is 5.26 Å². The van der Waals surface area contributed by atoms with E-state index in [1.54, 1.807) is 12.1 Å². The van der Waals surface area contributed by atoms with Crippen molar-refractivity contribution in [1.82, 2.24) is 10.1 Å². The number of nitriles is 1. The lowest BCUT2D eigenvalue weighted by atomic mass is 10.2. The second-order valence-corrected chi connectivity index (χ2v) is 5.89. The Hall–Kier alpha value is -2.36. The first-order valence-corrected chi connectivity index (χ1v) is 7.74. The summed E-state index contributed by atoms with van der Waals surface area (Å²) in [6.45, 7) is 0.0899. The third-order valence-electron chi connectivity index (χ3n) is 2.96. The van der Waals surface area contributed by atoms with E-state index in [2.05, 4.69) is 26.1 Å². The minimum absolute atomic E-state index is 0.0899. The second kappa shape index (κ2) is 6.82. The second-order valence-electron chi connectivity index (χ2n) is 4.57. The van der Waals surface area contributed by atoms with Crippen LogP contribution in [0.2, 0.25) is 5.02 Å². The zero-order valence-corrected chi connectivity index (χ0v) is 14.0. The molecule has 0 saturated heterocycles. The van der Waals surface area contributed by atoms with Gasteiger partial charge in [-0.15, -0.1) is 0 Å². The topological polar surface area (TPSA) is 71.9 Å². The van der Waals surface area contributed by atoms with Gasteiger partial charge in [-0.25, -0.2) is 0 Å². The fraction of sp³-hybridized carbons (Fsp3) is 0.0625. The highest BCUT2D eigenvalue weighted by Crippen LogP contribution is 2.26. The zero-order valence-electron chi connectivity index (χ0n) is 11.7. The molecule has 2 aromatic carbocycles. The molecule has 0 bridgehead atoms. The molecule has 0 saturated carbocycles. The van der Waals surface area contributed by atoms with E-state index in [1.807, 2.05) is 30.3 Å². The molecule has 5 nitrogen and oxygen atoms in total. The van der Waals surface area contributed by atoms with Crippen molar-refractivity contribution < 1.29 is 9.26 Å². The third-order valence-corrected chi connectivity index (χ3v) is 3.75. The maximum atomic E-state index is 8.81. The molecule has 1 heterocycles. The highest BCUT2D eigenvalue weighted by atomic mass is 79.9. The van der Waals surface area contributed by atoms with Crippen LogP contribution in [0.5, 0.6) is 5.75 Å². The summed E-state index contributed by atoms with van der Waals surface area (Å²) >= 11 is 9.44. The molecule has 1 aromatic heterocycles. The van der Waals surface area contributed by atoms with E-state index in [-0.39, 0.29) is 6.61 Å². The summed E-state index contributed by atoms with van der Waals surface area (Å²) in [5.41, 5.74) is 1.31. The minimum Gasteiger partial charge on any atom is -0.482 e. The number of nitrogens with zero attached hydrogens (tertiary/aromatic N) is 3. The fourth-order valence-corrected chi connectivity index (χ4v) is 2.52. The van der Waals surface area contributed by atoms with Crippen molar-refractivity contribution in [2.24, 2.45) is 0 Å². The monoisotopic (exact) mass is 389 g/mol. The first-order chi connectivity index (χ1) is 11.2. The Morgan fingerprint density at radius 1 is 1.26 bits per heavy atom. The maximum absolute atomic E-state index is 8.81. The van der Waals surface area contributed by atoms with Crippen molar-refractivity contribution in [3.8, 4) is 23.2 Å². The van der Waals surface area contributed by atoms with Crippen LogP contribution < -0.4 is 4.74 Å². The van der Waals surface area contributed by atoms with Gasteiger partial charge in [0.1, 0.15) is 5.75 Å². The minimum atomic E-state index is 0.0899. The SMILES string of the molecule is N#Cc1ccc(OCc2nc(-c3cccc(Br)c3)no2)c(Cl)c1. The first-order valence-electron chi connectivity index (χ1n) is 6.56. The molecule has 0 atom stereocenters. The van der Waals surface area contributed by atoms with Gasteiger partial charge in [-0.1, -0.05) is 44.8 Å². The normalized spacial score (nSPS) is 10.3. The number of hydrogen-bond acceptors (Lipinski definition) is 5. The molecule has 114 valence electrons. The van der Waals surface area contributed by atoms with Gasteiger partial charge in [0.2, 0.25) is 5.82 Å². The maximum Gasteiger partial charge on any atom is 0.264 e. The van der Waals surface area contributed by atoms with E-state index >= 15 is 0 Å². The summed E-state index contributed by atoms with van der Waals surface area (Å²) in [5, 5.41) is 13.1. The summed E-state index contributed by atoms with van der Waals surface area (Å²) in [6.07, 6.45) is 0. The van der Waals surface area contributed by atoms with Crippen LogP contribution in [-0.2, 0) is 6.61 Å². The van der Waals surface area contributed by atoms with Crippen LogP contribution in [0, 0.1) is 11.3 Å². The smallest absolute Gasteiger partial charge is 0.264 e. The van der Waals surface area contributed by atoms with Crippen molar-refractivity contribution in [2.45, 2.75) is 6.61 Å². The predicted molar refractivity (Wildman–Crippen MR) is 87.9 cm³/mol. The molecule has 0 N–H and O–H groups in total. The lowest BCUT2D eigenvalue weighted by Gasteiger charge is -2.05. The molecule has 0 aliphatic rings. The first kappa shape index (κ1) is 15.5. The molecule has 0 aliphatic heterocycles. The van der Waals surface area contributed by atoms with Gasteiger partial charge in [0.05, 0.1) is 16.7 Å². The average Bonchev–Trinajstić information content (AvgIpc) is 3.02. The van der Waals surface area contributed by atoms with Crippen molar-refractivity contribution in [3.05, 3.63) is 63.4 Å². The van der Waals surface area contributed by atoms with Gasteiger partial charge in [-0.3, -0.25) is 0 Å². The van der Waals surface area contributed by atoms with Gasteiger partial charge in [0.15, 0.2) is 6.61 Å². The van der Waals surface area contributed by atoms with Crippen molar-refractivity contribution in [2.75, 3.05) is 0 Å². The molecule has 3 rings (SSSR count). The number of rotatable bonds is 4. The van der Waals surface area contributed by atoms with Gasteiger partial charge in [-0.2, -0.15) is 10.2 Å². The summed E-state index contributed by atoms with van der Waals surface area (Å²) in [6, 6.07) is 14.4. The van der Waals surface area contributed by atoms with Crippen molar-refractivity contribution >= 4 is 27.5 Å². The Morgan fingerprint density at radius 2 is 2.13 bits per heavy atom. The van der Waals surface area contributed by atoms with Gasteiger partial charge < -0.3 is 9.26 Å². The van der Waals surface area contributed by atoms with E-state index in [9.17, 15) is 0 Å². The van der Waals surface area contributed by atoms with E-state index in [1.165, 1.54) is 6.07 Å². The largest absolute Gasteiger partial charge is 0.482 e. The van der Waals surface area contributed by atoms with Gasteiger partial charge in [-0.05, 0) is 30.3 Å². The van der Waals surface area contributed by atoms with Gasteiger partial charge in [0, 0.05) is 10.0 Å². The molecule has 0 radical (unpaired) electrons. The van der Waals surface area contributed by atoms with Crippen LogP contribution in [0.4, 0.5) is 0 Å². The predicted octanol–water partition coefficient (Wildman–Crippen LogP) is 4.60. The standard InChI is InChI=1S/C16H9BrClN3O2/c17-12-3-1-2-11(7-12)16-20-15(23-21-16)9-22-14-5-4-10(8-19)6-13(14)18/h1-7H,9H2. The Bertz CT molecular complexity index is 889. The van der Waals surface area contributed by atoms with Crippen LogP contribution in [0.1, 0.15) is 11.5 Å². The van der Waals surface area contributed by atoms with E-state index in [0.717, 1.165) is 10.0 Å². The average molecular weight is 391 g/mol. The van der Waals surface area contributed by atoms with Crippen LogP contribution >= 0.6 is 27.5 Å². The number of halogens is 2. The van der Waals surface area contributed by atoms with E-state index in [4.69, 9.17) is 26.1 Å². The highest BCUT2D eigenvalue weighted by Gasteiger charge is 2.11. The summed E-state index contributed by atoms with van der Waals surface area (Å²) in [4.78, 5) is 4.28. The summed E-state index contributed by atoms with van der Waals surface area (Å²) < 4.78 is 11.6. The Morgan fingerprint density at radius 3 is 2.87 bits per heavy atom. The molecular weight excluding hydrogens is 382 g/mol. The van der Waals surface area contributed by atoms with E-state index < -0.39 is 0 Å². The number of aromatic nitrogens is 2. The van der Waals surface area contributed by atoms with Crippen molar-refractivity contribution in [3.63, 3.8) is 0 Å². The molecule has 0 fully saturated rings. The molecule has 0 amide bonds. The van der Waals surface area contributed by atoms with Gasteiger partial charge >= 0.3 is 0 Å². The number of benzene rings is 2. The molecule has 0 aliphatic carbocycles. The molecule has 23 heavy (non-hydrogen) atoms. The third kappa shape index (κ3) is 3.70. The van der Waals surface area contributed by atoms with Crippen LogP contribution in [0.15, 0.2) is 51.5 Å². The fourth-order valence-electron chi connectivity index (χ4n) is 1.89. The molecular formula is C16H9BrClN3O2.